The second-order valence-corrected chi connectivity index (χ2v) is 14.0. The molecule has 2 heterocycles. The van der Waals surface area contributed by atoms with Crippen LogP contribution in [0.3, 0.4) is 0 Å². The lowest BCUT2D eigenvalue weighted by Crippen LogP contribution is -2.47. The second kappa shape index (κ2) is 17.6. The Hall–Kier alpha value is -4.82. The van der Waals surface area contributed by atoms with E-state index in [-0.39, 0.29) is 11.8 Å². The number of amides is 1. The molecule has 0 aliphatic carbocycles. The molecule has 7 nitrogen and oxygen atoms in total. The molecular weight excluding hydrogens is 693 g/mol. The molecule has 1 aliphatic rings. The topological polar surface area (TPSA) is 64.1 Å². The van der Waals surface area contributed by atoms with Crippen LogP contribution in [0, 0.1) is 13.8 Å². The number of hydrogen-bond donors (Lipinski definition) is 0. The summed E-state index contributed by atoms with van der Waals surface area (Å²) in [5.74, 6) is 2.67. The van der Waals surface area contributed by atoms with Crippen molar-refractivity contribution in [2.75, 3.05) is 32.8 Å². The second-order valence-electron chi connectivity index (χ2n) is 13.2. The van der Waals surface area contributed by atoms with E-state index in [1.807, 2.05) is 54.3 Å². The first-order chi connectivity index (χ1) is 25.2. The highest BCUT2D eigenvalue weighted by Crippen LogP contribution is 2.34. The average Bonchev–Trinajstić information content (AvgIpc) is 3.16. The predicted molar refractivity (Wildman–Crippen MR) is 209 cm³/mol. The number of aryl methyl sites for hydroxylation is 2. The SMILES string of the molecule is Cc1ccc(OCC(C)c2ccc(CN3CCN(C(=O)C=Cc4cc(C)c(Oc5ccc(OCc6ccccc6Cl)cn5)c(Cl)c4)CC3)cc2)cc1. The number of carbonyl (C=O) groups excluding carboxylic acids is 1. The number of hydrogen-bond acceptors (Lipinski definition) is 6. The molecule has 1 aliphatic heterocycles. The summed E-state index contributed by atoms with van der Waals surface area (Å²) in [5.41, 5.74) is 6.29. The van der Waals surface area contributed by atoms with Crippen LogP contribution < -0.4 is 14.2 Å². The molecule has 0 bridgehead atoms. The monoisotopic (exact) mass is 735 g/mol. The summed E-state index contributed by atoms with van der Waals surface area (Å²) in [6.07, 6.45) is 5.02. The summed E-state index contributed by atoms with van der Waals surface area (Å²) in [6.45, 7) is 11.0. The van der Waals surface area contributed by atoms with Gasteiger partial charge < -0.3 is 19.1 Å². The molecule has 0 spiro atoms. The Balaban J connectivity index is 0.944. The maximum atomic E-state index is 13.1. The van der Waals surface area contributed by atoms with Crippen molar-refractivity contribution in [3.05, 3.63) is 153 Å². The number of benzene rings is 4. The zero-order chi connectivity index (χ0) is 36.5. The molecule has 1 fully saturated rings. The summed E-state index contributed by atoms with van der Waals surface area (Å²) < 4.78 is 17.8. The molecular formula is C43H43Cl2N3O4. The summed E-state index contributed by atoms with van der Waals surface area (Å²) in [6, 6.07) is 31.8. The van der Waals surface area contributed by atoms with Crippen LogP contribution in [0.25, 0.3) is 6.08 Å². The molecule has 1 saturated heterocycles. The van der Waals surface area contributed by atoms with Crippen molar-refractivity contribution in [2.45, 2.75) is 39.8 Å². The first-order valence-electron chi connectivity index (χ1n) is 17.5. The van der Waals surface area contributed by atoms with Crippen LogP contribution in [0.15, 0.2) is 109 Å². The standard InChI is InChI=1S/C43H43Cl2N3O4/c1-30-8-15-37(16-9-30)50-28-32(3)35-13-10-33(11-14-35)27-47-20-22-48(23-21-47)42(49)19-12-34-24-31(2)43(40(45)25-34)52-41-18-17-38(26-46-41)51-29-36-6-4-5-7-39(36)44/h4-19,24-26,32H,20-23,27-29H2,1-3H3. The third kappa shape index (κ3) is 10.2. The van der Waals surface area contributed by atoms with Crippen molar-refractivity contribution in [3.8, 4) is 23.1 Å². The van der Waals surface area contributed by atoms with Crippen LogP contribution >= 0.6 is 23.2 Å². The highest BCUT2D eigenvalue weighted by atomic mass is 35.5. The fourth-order valence-electron chi connectivity index (χ4n) is 5.94. The number of pyridine rings is 1. The average molecular weight is 737 g/mol. The Labute approximate surface area is 316 Å². The van der Waals surface area contributed by atoms with Gasteiger partial charge >= 0.3 is 0 Å². The van der Waals surface area contributed by atoms with Gasteiger partial charge in [-0.05, 0) is 78.6 Å². The number of aromatic nitrogens is 1. The zero-order valence-electron chi connectivity index (χ0n) is 29.7. The van der Waals surface area contributed by atoms with Gasteiger partial charge in [-0.2, -0.15) is 0 Å². The molecule has 1 aromatic heterocycles. The maximum Gasteiger partial charge on any atom is 0.246 e. The highest BCUT2D eigenvalue weighted by Gasteiger charge is 2.20. The molecule has 6 rings (SSSR count). The maximum absolute atomic E-state index is 13.1. The van der Waals surface area contributed by atoms with Crippen molar-refractivity contribution < 1.29 is 19.0 Å². The number of halogens is 2. The lowest BCUT2D eigenvalue weighted by Gasteiger charge is -2.34. The number of rotatable bonds is 13. The molecule has 1 amide bonds. The van der Waals surface area contributed by atoms with Gasteiger partial charge in [-0.1, -0.05) is 90.3 Å². The highest BCUT2D eigenvalue weighted by molar-refractivity contribution is 6.32. The van der Waals surface area contributed by atoms with E-state index in [9.17, 15) is 4.79 Å². The number of carbonyl (C=O) groups is 1. The molecule has 9 heteroatoms. The van der Waals surface area contributed by atoms with Crippen LogP contribution in [-0.4, -0.2) is 53.5 Å². The first kappa shape index (κ1) is 37.0. The Morgan fingerprint density at radius 3 is 2.27 bits per heavy atom. The van der Waals surface area contributed by atoms with Crippen molar-refractivity contribution >= 4 is 35.2 Å². The van der Waals surface area contributed by atoms with Gasteiger partial charge in [0.15, 0.2) is 5.75 Å². The van der Waals surface area contributed by atoms with Crippen LogP contribution in [0.1, 0.15) is 46.2 Å². The van der Waals surface area contributed by atoms with Crippen LogP contribution in [-0.2, 0) is 17.9 Å². The van der Waals surface area contributed by atoms with Gasteiger partial charge in [0.25, 0.3) is 0 Å². The van der Waals surface area contributed by atoms with E-state index < -0.39 is 0 Å². The van der Waals surface area contributed by atoms with E-state index >= 15 is 0 Å². The van der Waals surface area contributed by atoms with Gasteiger partial charge in [0.05, 0.1) is 17.8 Å². The molecule has 4 aromatic carbocycles. The summed E-state index contributed by atoms with van der Waals surface area (Å²) in [7, 11) is 0. The van der Waals surface area contributed by atoms with Gasteiger partial charge in [0.1, 0.15) is 18.1 Å². The zero-order valence-corrected chi connectivity index (χ0v) is 31.2. The number of piperazine rings is 1. The predicted octanol–water partition coefficient (Wildman–Crippen LogP) is 9.92. The smallest absolute Gasteiger partial charge is 0.246 e. The molecule has 1 atom stereocenters. The van der Waals surface area contributed by atoms with E-state index in [0.717, 1.165) is 42.1 Å². The Bertz CT molecular complexity index is 1950. The fourth-order valence-corrected chi connectivity index (χ4v) is 6.44. The van der Waals surface area contributed by atoms with Crippen molar-refractivity contribution in [3.63, 3.8) is 0 Å². The van der Waals surface area contributed by atoms with Crippen molar-refractivity contribution in [1.29, 1.82) is 0 Å². The minimum absolute atomic E-state index is 0.0130. The largest absolute Gasteiger partial charge is 0.493 e. The third-order valence-corrected chi connectivity index (χ3v) is 9.75. The fraction of sp³-hybridized carbons (Fsp3) is 0.256. The van der Waals surface area contributed by atoms with Gasteiger partial charge in [-0.25, -0.2) is 4.98 Å². The van der Waals surface area contributed by atoms with E-state index in [0.29, 0.717) is 53.7 Å². The van der Waals surface area contributed by atoms with E-state index in [4.69, 9.17) is 37.4 Å². The Morgan fingerprint density at radius 2 is 1.58 bits per heavy atom. The summed E-state index contributed by atoms with van der Waals surface area (Å²) in [5, 5.41) is 1.08. The molecule has 0 saturated carbocycles. The van der Waals surface area contributed by atoms with E-state index in [1.165, 1.54) is 16.7 Å². The van der Waals surface area contributed by atoms with E-state index in [2.05, 4.69) is 60.1 Å². The lowest BCUT2D eigenvalue weighted by atomic mass is 10.0. The Kier molecular flexibility index (Phi) is 12.5. The minimum Gasteiger partial charge on any atom is -0.493 e. The van der Waals surface area contributed by atoms with Crippen molar-refractivity contribution in [2.24, 2.45) is 0 Å². The molecule has 0 radical (unpaired) electrons. The van der Waals surface area contributed by atoms with Crippen LogP contribution in [0.4, 0.5) is 0 Å². The van der Waals surface area contributed by atoms with Gasteiger partial charge in [0.2, 0.25) is 11.8 Å². The van der Waals surface area contributed by atoms with Crippen molar-refractivity contribution in [1.82, 2.24) is 14.8 Å². The lowest BCUT2D eigenvalue weighted by molar-refractivity contribution is -0.127. The first-order valence-corrected chi connectivity index (χ1v) is 18.2. The van der Waals surface area contributed by atoms with Gasteiger partial charge in [0, 0.05) is 61.4 Å². The normalized spacial score (nSPS) is 14.0. The summed E-state index contributed by atoms with van der Waals surface area (Å²) in [4.78, 5) is 21.7. The Morgan fingerprint density at radius 1 is 0.846 bits per heavy atom. The molecule has 0 N–H and O–H groups in total. The van der Waals surface area contributed by atoms with Gasteiger partial charge in [-0.3, -0.25) is 9.69 Å². The quantitative estimate of drug-likeness (QED) is 0.112. The number of nitrogens with zero attached hydrogens (tertiary/aromatic N) is 3. The summed E-state index contributed by atoms with van der Waals surface area (Å²) >= 11 is 12.8. The molecule has 268 valence electrons. The van der Waals surface area contributed by atoms with Crippen LogP contribution in [0.2, 0.25) is 10.0 Å². The molecule has 1 unspecified atom stereocenters. The number of ether oxygens (including phenoxy) is 3. The third-order valence-electron chi connectivity index (χ3n) is 9.10. The molecule has 5 aromatic rings. The molecule has 52 heavy (non-hydrogen) atoms. The van der Waals surface area contributed by atoms with Gasteiger partial charge in [-0.15, -0.1) is 0 Å². The van der Waals surface area contributed by atoms with Crippen LogP contribution in [0.5, 0.6) is 23.1 Å². The van der Waals surface area contributed by atoms with E-state index in [1.54, 1.807) is 36.5 Å². The minimum atomic E-state index is -0.0130.